The second kappa shape index (κ2) is 7.40. The van der Waals surface area contributed by atoms with Gasteiger partial charge in [0, 0.05) is 23.1 Å². The van der Waals surface area contributed by atoms with E-state index < -0.39 is 5.91 Å². The van der Waals surface area contributed by atoms with Gasteiger partial charge in [0.15, 0.2) is 5.82 Å². The number of phenolic OH excluding ortho intramolecular Hbond substituents is 1. The van der Waals surface area contributed by atoms with Gasteiger partial charge in [0.05, 0.1) is 16.1 Å². The number of carbonyl (C=O) groups excluding carboxylic acids is 2. The fourth-order valence-corrected chi connectivity index (χ4v) is 3.15. The quantitative estimate of drug-likeness (QED) is 0.513. The number of hydrogen-bond donors (Lipinski definition) is 4. The molecule has 1 aromatic carbocycles. The van der Waals surface area contributed by atoms with Crippen LogP contribution in [0.25, 0.3) is 10.6 Å². The lowest BCUT2D eigenvalue weighted by Gasteiger charge is -2.08. The molecule has 2 amide bonds. The van der Waals surface area contributed by atoms with Crippen molar-refractivity contribution in [2.24, 2.45) is 0 Å². The molecule has 2 aromatic heterocycles. The lowest BCUT2D eigenvalue weighted by atomic mass is 10.1. The molecule has 0 bridgehead atoms. The number of rotatable bonds is 5. The summed E-state index contributed by atoms with van der Waals surface area (Å²) in [6.45, 7) is 3.74. The van der Waals surface area contributed by atoms with E-state index in [-0.39, 0.29) is 17.2 Å². The van der Waals surface area contributed by atoms with E-state index in [9.17, 15) is 14.7 Å². The summed E-state index contributed by atoms with van der Waals surface area (Å²) >= 11 is 1.62. The van der Waals surface area contributed by atoms with Gasteiger partial charge in [0.1, 0.15) is 5.75 Å². The molecule has 0 aliphatic rings. The third-order valence-corrected chi connectivity index (χ3v) is 4.71. The minimum atomic E-state index is -0.518. The maximum absolute atomic E-state index is 12.5. The molecular formula is C18H18N4O3S. The van der Waals surface area contributed by atoms with Gasteiger partial charge in [-0.2, -0.15) is 5.10 Å². The highest BCUT2D eigenvalue weighted by molar-refractivity contribution is 7.15. The van der Waals surface area contributed by atoms with Crippen molar-refractivity contribution < 1.29 is 14.7 Å². The maximum Gasteiger partial charge on any atom is 0.260 e. The third-order valence-electron chi connectivity index (χ3n) is 3.67. The zero-order chi connectivity index (χ0) is 18.7. The lowest BCUT2D eigenvalue weighted by molar-refractivity contribution is -0.115. The van der Waals surface area contributed by atoms with E-state index in [4.69, 9.17) is 0 Å². The van der Waals surface area contributed by atoms with Crippen molar-refractivity contribution in [1.29, 1.82) is 0 Å². The molecule has 26 heavy (non-hydrogen) atoms. The predicted molar refractivity (Wildman–Crippen MR) is 102 cm³/mol. The zero-order valence-corrected chi connectivity index (χ0v) is 15.1. The van der Waals surface area contributed by atoms with E-state index in [1.165, 1.54) is 23.1 Å². The van der Waals surface area contributed by atoms with Crippen molar-refractivity contribution in [3.05, 3.63) is 46.8 Å². The SMILES string of the molecule is CCC(=O)Nc1ccc(O)c(C(=O)Nc2cc(-c3ccc(C)s3)[nH]n2)c1. The van der Waals surface area contributed by atoms with Crippen molar-refractivity contribution in [1.82, 2.24) is 10.2 Å². The van der Waals surface area contributed by atoms with E-state index in [0.29, 0.717) is 17.9 Å². The Kier molecular flexibility index (Phi) is 5.04. The Bertz CT molecular complexity index is 961. The molecule has 134 valence electrons. The Morgan fingerprint density at radius 2 is 2.00 bits per heavy atom. The standard InChI is InChI=1S/C18H18N4O3S/c1-3-17(24)19-11-5-6-14(23)12(8-11)18(25)20-16-9-13(21-22-16)15-7-4-10(2)26-15/h4-9,23H,3H2,1-2H3,(H,19,24)(H2,20,21,22,25). The second-order valence-corrected chi connectivity index (χ2v) is 6.95. The summed E-state index contributed by atoms with van der Waals surface area (Å²) in [4.78, 5) is 26.1. The van der Waals surface area contributed by atoms with Crippen LogP contribution in [0.5, 0.6) is 5.75 Å². The van der Waals surface area contributed by atoms with Crippen LogP contribution in [0.4, 0.5) is 11.5 Å². The van der Waals surface area contributed by atoms with Gasteiger partial charge in [0.2, 0.25) is 5.91 Å². The van der Waals surface area contributed by atoms with Gasteiger partial charge in [-0.15, -0.1) is 11.3 Å². The summed E-state index contributed by atoms with van der Waals surface area (Å²) in [5, 5.41) is 22.2. The summed E-state index contributed by atoms with van der Waals surface area (Å²) in [5.41, 5.74) is 1.29. The average molecular weight is 370 g/mol. The predicted octanol–water partition coefficient (Wildman–Crippen LogP) is 3.75. The van der Waals surface area contributed by atoms with Crippen molar-refractivity contribution in [3.8, 4) is 16.3 Å². The summed E-state index contributed by atoms with van der Waals surface area (Å²) in [6.07, 6.45) is 0.320. The van der Waals surface area contributed by atoms with Crippen LogP contribution >= 0.6 is 11.3 Å². The second-order valence-electron chi connectivity index (χ2n) is 5.66. The van der Waals surface area contributed by atoms with E-state index in [1.807, 2.05) is 19.1 Å². The number of hydrogen-bond acceptors (Lipinski definition) is 5. The van der Waals surface area contributed by atoms with Gasteiger partial charge < -0.3 is 15.7 Å². The summed E-state index contributed by atoms with van der Waals surface area (Å²) in [5.74, 6) is -0.527. The van der Waals surface area contributed by atoms with Gasteiger partial charge in [-0.1, -0.05) is 6.92 Å². The van der Waals surface area contributed by atoms with E-state index >= 15 is 0 Å². The molecule has 8 heteroatoms. The van der Waals surface area contributed by atoms with Crippen LogP contribution in [0, 0.1) is 6.92 Å². The Balaban J connectivity index is 1.76. The maximum atomic E-state index is 12.5. The summed E-state index contributed by atoms with van der Waals surface area (Å²) < 4.78 is 0. The number of benzene rings is 1. The highest BCUT2D eigenvalue weighted by Gasteiger charge is 2.15. The molecule has 0 unspecified atom stereocenters. The Hall–Kier alpha value is -3.13. The summed E-state index contributed by atoms with van der Waals surface area (Å²) in [7, 11) is 0. The first-order valence-corrected chi connectivity index (χ1v) is 8.84. The van der Waals surface area contributed by atoms with E-state index in [0.717, 1.165) is 10.6 Å². The Morgan fingerprint density at radius 1 is 1.19 bits per heavy atom. The third kappa shape index (κ3) is 3.92. The topological polar surface area (TPSA) is 107 Å². The molecule has 0 aliphatic heterocycles. The minimum absolute atomic E-state index is 0.0513. The Morgan fingerprint density at radius 3 is 2.69 bits per heavy atom. The molecule has 0 radical (unpaired) electrons. The number of thiophene rings is 1. The van der Waals surface area contributed by atoms with E-state index in [1.54, 1.807) is 24.3 Å². The fraction of sp³-hybridized carbons (Fsp3) is 0.167. The first kappa shape index (κ1) is 17.7. The van der Waals surface area contributed by atoms with Crippen LogP contribution < -0.4 is 10.6 Å². The molecular weight excluding hydrogens is 352 g/mol. The van der Waals surface area contributed by atoms with Crippen LogP contribution in [0.1, 0.15) is 28.6 Å². The smallest absolute Gasteiger partial charge is 0.260 e. The van der Waals surface area contributed by atoms with Crippen LogP contribution in [0.3, 0.4) is 0 Å². The molecule has 0 aliphatic carbocycles. The average Bonchev–Trinajstić information content (AvgIpc) is 3.25. The molecule has 0 saturated carbocycles. The van der Waals surface area contributed by atoms with Crippen LogP contribution in [-0.2, 0) is 4.79 Å². The number of carbonyl (C=O) groups is 2. The van der Waals surface area contributed by atoms with Gasteiger partial charge in [0.25, 0.3) is 5.91 Å². The molecule has 4 N–H and O–H groups in total. The van der Waals surface area contributed by atoms with Crippen molar-refractivity contribution >= 4 is 34.7 Å². The van der Waals surface area contributed by atoms with Crippen molar-refractivity contribution in [2.75, 3.05) is 10.6 Å². The van der Waals surface area contributed by atoms with Gasteiger partial charge >= 0.3 is 0 Å². The molecule has 7 nitrogen and oxygen atoms in total. The van der Waals surface area contributed by atoms with Crippen LogP contribution in [-0.4, -0.2) is 27.1 Å². The number of aromatic hydroxyl groups is 1. The number of aromatic nitrogens is 2. The largest absolute Gasteiger partial charge is 0.507 e. The highest BCUT2D eigenvalue weighted by atomic mass is 32.1. The number of aromatic amines is 1. The molecule has 2 heterocycles. The summed E-state index contributed by atoms with van der Waals surface area (Å²) in [6, 6.07) is 10.0. The number of phenols is 1. The molecule has 0 fully saturated rings. The Labute approximate surface area is 154 Å². The first-order chi connectivity index (χ1) is 12.5. The number of nitrogens with one attached hydrogen (secondary N) is 3. The van der Waals surface area contributed by atoms with Gasteiger partial charge in [-0.25, -0.2) is 0 Å². The van der Waals surface area contributed by atoms with Gasteiger partial charge in [-0.05, 0) is 37.3 Å². The number of amides is 2. The minimum Gasteiger partial charge on any atom is -0.507 e. The van der Waals surface area contributed by atoms with E-state index in [2.05, 4.69) is 20.8 Å². The van der Waals surface area contributed by atoms with Crippen molar-refractivity contribution in [3.63, 3.8) is 0 Å². The molecule has 3 rings (SSSR count). The number of aryl methyl sites for hydroxylation is 1. The van der Waals surface area contributed by atoms with Gasteiger partial charge in [-0.3, -0.25) is 14.7 Å². The highest BCUT2D eigenvalue weighted by Crippen LogP contribution is 2.28. The number of H-pyrrole nitrogens is 1. The van der Waals surface area contributed by atoms with Crippen LogP contribution in [0.2, 0.25) is 0 Å². The fourth-order valence-electron chi connectivity index (χ4n) is 2.32. The molecule has 3 aromatic rings. The molecule has 0 atom stereocenters. The zero-order valence-electron chi connectivity index (χ0n) is 14.3. The lowest BCUT2D eigenvalue weighted by Crippen LogP contribution is -2.14. The van der Waals surface area contributed by atoms with Crippen molar-refractivity contribution in [2.45, 2.75) is 20.3 Å². The number of nitrogens with zero attached hydrogens (tertiary/aromatic N) is 1. The normalized spacial score (nSPS) is 10.5. The molecule has 0 spiro atoms. The monoisotopic (exact) mass is 370 g/mol. The molecule has 0 saturated heterocycles. The number of anilines is 2. The first-order valence-electron chi connectivity index (χ1n) is 8.02. The van der Waals surface area contributed by atoms with Crippen LogP contribution in [0.15, 0.2) is 36.4 Å².